The van der Waals surface area contributed by atoms with Gasteiger partial charge in [0.2, 0.25) is 5.91 Å². The molecule has 6 heteroatoms. The third kappa shape index (κ3) is 2.51. The maximum absolute atomic E-state index is 11.8. The molecule has 1 heterocycles. The average Bonchev–Trinajstić information content (AvgIpc) is 2.15. The molecule has 0 unspecified atom stereocenters. The monoisotopic (exact) mass is 230 g/mol. The van der Waals surface area contributed by atoms with Gasteiger partial charge in [-0.1, -0.05) is 0 Å². The Balaban J connectivity index is 2.47. The van der Waals surface area contributed by atoms with Gasteiger partial charge < -0.3 is 19.7 Å². The molecule has 0 spiro atoms. The van der Waals surface area contributed by atoms with Crippen LogP contribution < -0.4 is 5.32 Å². The van der Waals surface area contributed by atoms with Crippen molar-refractivity contribution in [3.8, 4) is 0 Å². The van der Waals surface area contributed by atoms with Crippen molar-refractivity contribution in [2.45, 2.75) is 0 Å². The van der Waals surface area contributed by atoms with Gasteiger partial charge >= 0.3 is 5.97 Å². The van der Waals surface area contributed by atoms with Crippen molar-refractivity contribution in [2.24, 2.45) is 5.41 Å². The average molecular weight is 230 g/mol. The van der Waals surface area contributed by atoms with Crippen LogP contribution in [-0.2, 0) is 19.1 Å². The van der Waals surface area contributed by atoms with Gasteiger partial charge in [0.15, 0.2) is 5.41 Å². The molecule has 1 saturated heterocycles. The fourth-order valence-corrected chi connectivity index (χ4v) is 1.41. The van der Waals surface area contributed by atoms with Crippen LogP contribution >= 0.6 is 0 Å². The van der Waals surface area contributed by atoms with Gasteiger partial charge in [-0.05, 0) is 14.1 Å². The Morgan fingerprint density at radius 2 is 2.06 bits per heavy atom. The predicted molar refractivity (Wildman–Crippen MR) is 56.8 cm³/mol. The largest absolute Gasteiger partial charge is 0.468 e. The molecule has 1 rings (SSSR count). The van der Waals surface area contributed by atoms with E-state index in [-0.39, 0.29) is 19.1 Å². The van der Waals surface area contributed by atoms with E-state index in [9.17, 15) is 9.59 Å². The van der Waals surface area contributed by atoms with Crippen LogP contribution in [-0.4, -0.2) is 64.3 Å². The van der Waals surface area contributed by atoms with E-state index in [1.165, 1.54) is 7.11 Å². The minimum atomic E-state index is -1.12. The Kier molecular flexibility index (Phi) is 4.26. The SMILES string of the molecule is COC(=O)C1(C(=O)NCCN(C)C)COC1. The van der Waals surface area contributed by atoms with Crippen LogP contribution in [0.1, 0.15) is 0 Å². The second-order valence-electron chi connectivity index (χ2n) is 4.13. The van der Waals surface area contributed by atoms with E-state index in [0.717, 1.165) is 6.54 Å². The number of nitrogens with one attached hydrogen (secondary N) is 1. The molecule has 0 bridgehead atoms. The number of likely N-dealkylation sites (N-methyl/N-ethyl adjacent to an activating group) is 1. The van der Waals surface area contributed by atoms with E-state index < -0.39 is 11.4 Å². The Morgan fingerprint density at radius 3 is 2.44 bits per heavy atom. The number of ether oxygens (including phenoxy) is 2. The van der Waals surface area contributed by atoms with Gasteiger partial charge in [0, 0.05) is 13.1 Å². The molecule has 0 saturated carbocycles. The number of rotatable bonds is 5. The number of nitrogens with zero attached hydrogens (tertiary/aromatic N) is 1. The number of carbonyl (C=O) groups is 2. The van der Waals surface area contributed by atoms with Gasteiger partial charge in [-0.15, -0.1) is 0 Å². The first-order valence-corrected chi connectivity index (χ1v) is 5.12. The van der Waals surface area contributed by atoms with E-state index in [1.54, 1.807) is 0 Å². The second-order valence-corrected chi connectivity index (χ2v) is 4.13. The van der Waals surface area contributed by atoms with Gasteiger partial charge in [-0.3, -0.25) is 9.59 Å². The molecule has 1 aliphatic heterocycles. The summed E-state index contributed by atoms with van der Waals surface area (Å²) in [5.74, 6) is -0.839. The van der Waals surface area contributed by atoms with Gasteiger partial charge in [-0.2, -0.15) is 0 Å². The molecular weight excluding hydrogens is 212 g/mol. The van der Waals surface area contributed by atoms with E-state index in [1.807, 2.05) is 19.0 Å². The maximum atomic E-state index is 11.8. The number of methoxy groups -OCH3 is 1. The minimum absolute atomic E-state index is 0.105. The highest BCUT2D eigenvalue weighted by Gasteiger charge is 2.53. The van der Waals surface area contributed by atoms with Gasteiger partial charge in [0.1, 0.15) is 0 Å². The van der Waals surface area contributed by atoms with Crippen molar-refractivity contribution in [3.05, 3.63) is 0 Å². The van der Waals surface area contributed by atoms with Crippen LogP contribution in [0.15, 0.2) is 0 Å². The Morgan fingerprint density at radius 1 is 1.44 bits per heavy atom. The second kappa shape index (κ2) is 5.27. The molecular formula is C10H18N2O4. The molecule has 0 aliphatic carbocycles. The molecule has 92 valence electrons. The Hall–Kier alpha value is -1.14. The lowest BCUT2D eigenvalue weighted by Crippen LogP contribution is -2.59. The maximum Gasteiger partial charge on any atom is 0.326 e. The lowest BCUT2D eigenvalue weighted by molar-refractivity contribution is -0.188. The number of hydrogen-bond acceptors (Lipinski definition) is 5. The molecule has 0 atom stereocenters. The van der Waals surface area contributed by atoms with E-state index in [4.69, 9.17) is 4.74 Å². The highest BCUT2D eigenvalue weighted by atomic mass is 16.5. The lowest BCUT2D eigenvalue weighted by Gasteiger charge is -2.36. The molecule has 1 aliphatic rings. The number of amides is 1. The highest BCUT2D eigenvalue weighted by Crippen LogP contribution is 2.29. The standard InChI is InChI=1S/C10H18N2O4/c1-12(2)5-4-11-8(13)10(6-16-7-10)9(14)15-3/h4-7H2,1-3H3,(H,11,13). The van der Waals surface area contributed by atoms with Crippen LogP contribution in [0.3, 0.4) is 0 Å². The zero-order chi connectivity index (χ0) is 12.2. The fraction of sp³-hybridized carbons (Fsp3) is 0.800. The summed E-state index contributed by atoms with van der Waals surface area (Å²) in [6.07, 6.45) is 0. The van der Waals surface area contributed by atoms with Gasteiger partial charge in [0.05, 0.1) is 20.3 Å². The zero-order valence-electron chi connectivity index (χ0n) is 9.91. The highest BCUT2D eigenvalue weighted by molar-refractivity contribution is 6.03. The molecule has 0 aromatic heterocycles. The van der Waals surface area contributed by atoms with Crippen LogP contribution in [0.2, 0.25) is 0 Å². The summed E-state index contributed by atoms with van der Waals surface area (Å²) in [6, 6.07) is 0. The first kappa shape index (κ1) is 12.9. The van der Waals surface area contributed by atoms with Crippen LogP contribution in [0.4, 0.5) is 0 Å². The molecule has 16 heavy (non-hydrogen) atoms. The quantitative estimate of drug-likeness (QED) is 0.477. The topological polar surface area (TPSA) is 67.9 Å². The van der Waals surface area contributed by atoms with E-state index in [2.05, 4.69) is 10.1 Å². The van der Waals surface area contributed by atoms with Crippen molar-refractivity contribution in [2.75, 3.05) is 47.5 Å². The van der Waals surface area contributed by atoms with Crippen molar-refractivity contribution >= 4 is 11.9 Å². The number of esters is 1. The fourth-order valence-electron chi connectivity index (χ4n) is 1.41. The number of hydrogen-bond donors (Lipinski definition) is 1. The smallest absolute Gasteiger partial charge is 0.326 e. The molecule has 0 radical (unpaired) electrons. The van der Waals surface area contributed by atoms with Crippen molar-refractivity contribution in [1.82, 2.24) is 10.2 Å². The summed E-state index contributed by atoms with van der Waals surface area (Å²) in [5.41, 5.74) is -1.12. The molecule has 6 nitrogen and oxygen atoms in total. The van der Waals surface area contributed by atoms with Crippen LogP contribution in [0.5, 0.6) is 0 Å². The normalized spacial score (nSPS) is 17.8. The molecule has 1 fully saturated rings. The summed E-state index contributed by atoms with van der Waals surface area (Å²) < 4.78 is 9.55. The van der Waals surface area contributed by atoms with E-state index in [0.29, 0.717) is 6.54 Å². The molecule has 0 aromatic carbocycles. The van der Waals surface area contributed by atoms with Crippen molar-refractivity contribution in [1.29, 1.82) is 0 Å². The summed E-state index contributed by atoms with van der Waals surface area (Å²) >= 11 is 0. The summed E-state index contributed by atoms with van der Waals surface area (Å²) in [5, 5.41) is 2.71. The van der Waals surface area contributed by atoms with Gasteiger partial charge in [0.25, 0.3) is 0 Å². The predicted octanol–water partition coefficient (Wildman–Crippen LogP) is -1.15. The minimum Gasteiger partial charge on any atom is -0.468 e. The number of carbonyl (C=O) groups excluding carboxylic acids is 2. The summed E-state index contributed by atoms with van der Waals surface area (Å²) in [7, 11) is 5.10. The summed E-state index contributed by atoms with van der Waals surface area (Å²) in [4.78, 5) is 25.2. The van der Waals surface area contributed by atoms with Crippen LogP contribution in [0.25, 0.3) is 0 Å². The first-order valence-electron chi connectivity index (χ1n) is 5.12. The molecule has 1 N–H and O–H groups in total. The van der Waals surface area contributed by atoms with Gasteiger partial charge in [-0.25, -0.2) is 0 Å². The molecule has 0 aromatic rings. The summed E-state index contributed by atoms with van der Waals surface area (Å²) in [6.45, 7) is 1.44. The van der Waals surface area contributed by atoms with Crippen molar-refractivity contribution in [3.63, 3.8) is 0 Å². The lowest BCUT2D eigenvalue weighted by atomic mass is 9.85. The third-order valence-corrected chi connectivity index (χ3v) is 2.55. The van der Waals surface area contributed by atoms with E-state index >= 15 is 0 Å². The van der Waals surface area contributed by atoms with Crippen molar-refractivity contribution < 1.29 is 19.1 Å². The van der Waals surface area contributed by atoms with Crippen LogP contribution in [0, 0.1) is 5.41 Å². The Bertz CT molecular complexity index is 274. The molecule has 1 amide bonds. The first-order chi connectivity index (χ1) is 7.53. The Labute approximate surface area is 94.9 Å². The third-order valence-electron chi connectivity index (χ3n) is 2.55. The zero-order valence-corrected chi connectivity index (χ0v) is 9.91.